The predicted octanol–water partition coefficient (Wildman–Crippen LogP) is 2.53. The third-order valence-electron chi connectivity index (χ3n) is 2.64. The fourth-order valence-electron chi connectivity index (χ4n) is 1.59. The standard InChI is InChI=1S/C14H11BrN4O3/c15-8-4-5-10(18-19-13(16)14(21)22)9(7-8)12(20)11-3-1-2-6-17-11/h1-7,13H,16H2,(H,21,22)/b19-18+. The van der Waals surface area contributed by atoms with E-state index in [2.05, 4.69) is 31.1 Å². The molecular formula is C14H11BrN4O3. The average Bonchev–Trinajstić information content (AvgIpc) is 2.53. The number of carboxylic acid groups (broad SMARTS) is 1. The van der Waals surface area contributed by atoms with Gasteiger partial charge >= 0.3 is 5.97 Å². The molecule has 2 rings (SSSR count). The Kier molecular flexibility index (Phi) is 5.08. The fourth-order valence-corrected chi connectivity index (χ4v) is 1.95. The van der Waals surface area contributed by atoms with Crippen LogP contribution >= 0.6 is 15.9 Å². The quantitative estimate of drug-likeness (QED) is 0.625. The molecule has 1 heterocycles. The second-order valence-corrected chi connectivity index (χ2v) is 5.12. The number of nitrogens with two attached hydrogens (primary N) is 1. The van der Waals surface area contributed by atoms with Crippen molar-refractivity contribution in [3.63, 3.8) is 0 Å². The maximum absolute atomic E-state index is 12.5. The third kappa shape index (κ3) is 3.80. The van der Waals surface area contributed by atoms with Crippen molar-refractivity contribution in [3.05, 3.63) is 58.3 Å². The number of carbonyl (C=O) groups is 2. The Morgan fingerprint density at radius 3 is 2.68 bits per heavy atom. The number of hydrogen-bond donors (Lipinski definition) is 2. The van der Waals surface area contributed by atoms with Gasteiger partial charge in [-0.1, -0.05) is 22.0 Å². The number of aromatic nitrogens is 1. The van der Waals surface area contributed by atoms with Crippen molar-refractivity contribution in [1.82, 2.24) is 4.98 Å². The van der Waals surface area contributed by atoms with Crippen LogP contribution in [0.1, 0.15) is 16.1 Å². The molecule has 1 atom stereocenters. The van der Waals surface area contributed by atoms with Crippen molar-refractivity contribution in [3.8, 4) is 0 Å². The van der Waals surface area contributed by atoms with Gasteiger partial charge in [-0.15, -0.1) is 0 Å². The molecule has 0 aliphatic rings. The number of nitrogens with zero attached hydrogens (tertiary/aromatic N) is 3. The van der Waals surface area contributed by atoms with Gasteiger partial charge in [-0.3, -0.25) is 15.5 Å². The molecule has 7 nitrogen and oxygen atoms in total. The highest BCUT2D eigenvalue weighted by Crippen LogP contribution is 2.26. The van der Waals surface area contributed by atoms with Crippen LogP contribution in [0.5, 0.6) is 0 Å². The number of ketones is 1. The minimum absolute atomic E-state index is 0.218. The minimum atomic E-state index is -1.48. The summed E-state index contributed by atoms with van der Waals surface area (Å²) in [5.74, 6) is -1.65. The minimum Gasteiger partial charge on any atom is -0.479 e. The Morgan fingerprint density at radius 2 is 2.05 bits per heavy atom. The Labute approximate surface area is 134 Å². The molecule has 2 aromatic rings. The van der Waals surface area contributed by atoms with Crippen molar-refractivity contribution in [2.45, 2.75) is 6.17 Å². The molecule has 0 saturated heterocycles. The Balaban J connectivity index is 2.40. The van der Waals surface area contributed by atoms with E-state index in [1.165, 1.54) is 6.20 Å². The van der Waals surface area contributed by atoms with E-state index in [0.29, 0.717) is 4.47 Å². The molecule has 1 aromatic heterocycles. The molecule has 112 valence electrons. The first-order valence-electron chi connectivity index (χ1n) is 6.13. The summed E-state index contributed by atoms with van der Waals surface area (Å²) in [6.07, 6.45) is 0.0219. The van der Waals surface area contributed by atoms with Crippen molar-refractivity contribution in [2.75, 3.05) is 0 Å². The van der Waals surface area contributed by atoms with Gasteiger partial charge < -0.3 is 5.11 Å². The number of aliphatic carboxylic acids is 1. The van der Waals surface area contributed by atoms with E-state index < -0.39 is 12.1 Å². The summed E-state index contributed by atoms with van der Waals surface area (Å²) in [6, 6.07) is 9.74. The van der Waals surface area contributed by atoms with Gasteiger partial charge in [-0.25, -0.2) is 4.79 Å². The highest BCUT2D eigenvalue weighted by molar-refractivity contribution is 9.10. The maximum Gasteiger partial charge on any atom is 0.345 e. The Bertz CT molecular complexity index is 734. The zero-order valence-electron chi connectivity index (χ0n) is 11.2. The van der Waals surface area contributed by atoms with Crippen molar-refractivity contribution in [2.24, 2.45) is 16.0 Å². The first-order chi connectivity index (χ1) is 10.5. The van der Waals surface area contributed by atoms with Crippen LogP contribution in [-0.2, 0) is 4.79 Å². The van der Waals surface area contributed by atoms with Crippen molar-refractivity contribution < 1.29 is 14.7 Å². The molecule has 0 radical (unpaired) electrons. The molecule has 22 heavy (non-hydrogen) atoms. The molecule has 8 heteroatoms. The summed E-state index contributed by atoms with van der Waals surface area (Å²) in [6.45, 7) is 0. The van der Waals surface area contributed by atoms with Crippen molar-refractivity contribution >= 4 is 33.4 Å². The van der Waals surface area contributed by atoms with E-state index in [1.54, 1.807) is 36.4 Å². The Morgan fingerprint density at radius 1 is 1.27 bits per heavy atom. The number of hydrogen-bond acceptors (Lipinski definition) is 6. The molecule has 3 N–H and O–H groups in total. The molecule has 0 spiro atoms. The van der Waals surface area contributed by atoms with Gasteiger partial charge in [-0.2, -0.15) is 10.2 Å². The van der Waals surface area contributed by atoms with Gasteiger partial charge in [0.2, 0.25) is 11.9 Å². The van der Waals surface area contributed by atoms with Crippen LogP contribution in [0.25, 0.3) is 0 Å². The number of pyridine rings is 1. The summed E-state index contributed by atoms with van der Waals surface area (Å²) in [7, 11) is 0. The highest BCUT2D eigenvalue weighted by atomic mass is 79.9. The summed E-state index contributed by atoms with van der Waals surface area (Å²) in [4.78, 5) is 27.1. The van der Waals surface area contributed by atoms with E-state index in [4.69, 9.17) is 10.8 Å². The third-order valence-corrected chi connectivity index (χ3v) is 3.14. The summed E-state index contributed by atoms with van der Waals surface area (Å²) < 4.78 is 0.674. The lowest BCUT2D eigenvalue weighted by Crippen LogP contribution is -2.27. The van der Waals surface area contributed by atoms with Gasteiger partial charge in [0, 0.05) is 10.7 Å². The van der Waals surface area contributed by atoms with E-state index in [0.717, 1.165) is 0 Å². The van der Waals surface area contributed by atoms with Crippen LogP contribution in [-0.4, -0.2) is 28.0 Å². The maximum atomic E-state index is 12.5. The first kappa shape index (κ1) is 15.9. The van der Waals surface area contributed by atoms with Gasteiger partial charge in [-0.05, 0) is 30.3 Å². The SMILES string of the molecule is NC(/N=N/c1ccc(Br)cc1C(=O)c1ccccn1)C(=O)O. The van der Waals surface area contributed by atoms with E-state index in [9.17, 15) is 9.59 Å². The molecule has 0 saturated carbocycles. The fraction of sp³-hybridized carbons (Fsp3) is 0.0714. The van der Waals surface area contributed by atoms with E-state index in [-0.39, 0.29) is 22.7 Å². The number of azo groups is 1. The lowest BCUT2D eigenvalue weighted by atomic mass is 10.1. The summed E-state index contributed by atoms with van der Waals surface area (Å²) >= 11 is 3.28. The van der Waals surface area contributed by atoms with Gasteiger partial charge in [0.05, 0.1) is 11.3 Å². The van der Waals surface area contributed by atoms with E-state index in [1.807, 2.05) is 0 Å². The molecule has 0 amide bonds. The molecule has 1 unspecified atom stereocenters. The molecule has 0 aliphatic carbocycles. The lowest BCUT2D eigenvalue weighted by molar-refractivity contribution is -0.138. The summed E-state index contributed by atoms with van der Waals surface area (Å²) in [5.41, 5.74) is 5.98. The number of carbonyl (C=O) groups excluding carboxylic acids is 1. The van der Waals surface area contributed by atoms with Crippen LogP contribution < -0.4 is 5.73 Å². The molecule has 1 aromatic carbocycles. The van der Waals surface area contributed by atoms with Crippen LogP contribution in [0.15, 0.2) is 57.3 Å². The smallest absolute Gasteiger partial charge is 0.345 e. The van der Waals surface area contributed by atoms with Gasteiger partial charge in [0.1, 0.15) is 5.69 Å². The number of rotatable bonds is 5. The topological polar surface area (TPSA) is 118 Å². The molecule has 0 fully saturated rings. The Hall–Kier alpha value is -2.45. The first-order valence-corrected chi connectivity index (χ1v) is 6.93. The second kappa shape index (κ2) is 7.01. The van der Waals surface area contributed by atoms with Crippen LogP contribution in [0.2, 0.25) is 0 Å². The van der Waals surface area contributed by atoms with Crippen molar-refractivity contribution in [1.29, 1.82) is 0 Å². The number of benzene rings is 1. The van der Waals surface area contributed by atoms with Crippen LogP contribution in [0.3, 0.4) is 0 Å². The van der Waals surface area contributed by atoms with E-state index >= 15 is 0 Å². The molecule has 0 bridgehead atoms. The summed E-state index contributed by atoms with van der Waals surface area (Å²) in [5, 5.41) is 15.9. The second-order valence-electron chi connectivity index (χ2n) is 4.20. The number of carboxylic acids is 1. The molecule has 0 aliphatic heterocycles. The molecular weight excluding hydrogens is 352 g/mol. The zero-order valence-corrected chi connectivity index (χ0v) is 12.8. The largest absolute Gasteiger partial charge is 0.479 e. The van der Waals surface area contributed by atoms with Gasteiger partial charge in [0.15, 0.2) is 0 Å². The van der Waals surface area contributed by atoms with Crippen LogP contribution in [0, 0.1) is 0 Å². The van der Waals surface area contributed by atoms with Crippen LogP contribution in [0.4, 0.5) is 5.69 Å². The highest BCUT2D eigenvalue weighted by Gasteiger charge is 2.16. The van der Waals surface area contributed by atoms with Gasteiger partial charge in [0.25, 0.3) is 0 Å². The lowest BCUT2D eigenvalue weighted by Gasteiger charge is -2.05. The predicted molar refractivity (Wildman–Crippen MR) is 81.9 cm³/mol. The monoisotopic (exact) mass is 362 g/mol. The number of halogens is 1. The average molecular weight is 363 g/mol. The zero-order chi connectivity index (χ0) is 16.1. The normalized spacial score (nSPS) is 12.3.